The lowest BCUT2D eigenvalue weighted by Crippen LogP contribution is -2.45. The molecule has 1 saturated heterocycles. The van der Waals surface area contributed by atoms with E-state index in [1.165, 1.54) is 0 Å². The molecule has 6 rings (SSSR count). The number of fused-ring (bicyclic) bond motifs is 1. The maximum absolute atomic E-state index is 13.5. The van der Waals surface area contributed by atoms with Crippen molar-refractivity contribution in [1.29, 1.82) is 0 Å². The van der Waals surface area contributed by atoms with Gasteiger partial charge < -0.3 is 15.0 Å². The highest BCUT2D eigenvalue weighted by molar-refractivity contribution is 6.06. The Morgan fingerprint density at radius 1 is 1.08 bits per heavy atom. The molecule has 4 aromatic rings. The van der Waals surface area contributed by atoms with E-state index in [4.69, 9.17) is 14.8 Å². The minimum Gasteiger partial charge on any atom is -0.372 e. The Bertz CT molecular complexity index is 1420. The number of nitrogens with one attached hydrogen (secondary N) is 1. The Labute approximate surface area is 215 Å². The number of aromatic nitrogens is 5. The van der Waals surface area contributed by atoms with Gasteiger partial charge in [0.15, 0.2) is 11.5 Å². The molecule has 2 atom stereocenters. The lowest BCUT2D eigenvalue weighted by atomic mass is 10.1. The van der Waals surface area contributed by atoms with Gasteiger partial charge in [0.1, 0.15) is 5.82 Å². The molecule has 5 heterocycles. The van der Waals surface area contributed by atoms with Crippen LogP contribution in [-0.4, -0.2) is 55.9 Å². The number of anilines is 1. The van der Waals surface area contributed by atoms with Gasteiger partial charge in [-0.25, -0.2) is 15.0 Å². The summed E-state index contributed by atoms with van der Waals surface area (Å²) in [6.07, 6.45) is 6.10. The molecule has 1 aliphatic heterocycles. The first kappa shape index (κ1) is 23.5. The normalized spacial score (nSPS) is 19.8. The summed E-state index contributed by atoms with van der Waals surface area (Å²) in [5, 5.41) is 8.55. The largest absolute Gasteiger partial charge is 0.372 e. The summed E-state index contributed by atoms with van der Waals surface area (Å²) in [7, 11) is 0. The highest BCUT2D eigenvalue weighted by Crippen LogP contribution is 2.40. The van der Waals surface area contributed by atoms with E-state index in [-0.39, 0.29) is 18.1 Å². The third-order valence-corrected chi connectivity index (χ3v) is 6.94. The van der Waals surface area contributed by atoms with Crippen molar-refractivity contribution >= 4 is 22.8 Å². The molecule has 9 nitrogen and oxygen atoms in total. The summed E-state index contributed by atoms with van der Waals surface area (Å²) in [5.74, 6) is 1.87. The average Bonchev–Trinajstić information content (AvgIpc) is 3.70. The number of carbonyl (C=O) groups is 1. The molecule has 9 heteroatoms. The molecule has 2 aliphatic rings. The number of nitrogens with zero attached hydrogens (tertiary/aromatic N) is 6. The van der Waals surface area contributed by atoms with Crippen molar-refractivity contribution in [2.75, 3.05) is 18.0 Å². The van der Waals surface area contributed by atoms with Crippen LogP contribution in [0.2, 0.25) is 0 Å². The lowest BCUT2D eigenvalue weighted by Gasteiger charge is -2.36. The van der Waals surface area contributed by atoms with E-state index in [2.05, 4.69) is 34.0 Å². The average molecular weight is 498 g/mol. The minimum absolute atomic E-state index is 0.141. The minimum atomic E-state index is -0.141. The van der Waals surface area contributed by atoms with Crippen molar-refractivity contribution in [3.8, 4) is 5.82 Å². The fourth-order valence-corrected chi connectivity index (χ4v) is 5.07. The fraction of sp³-hybridized carbons (Fsp3) is 0.393. The zero-order chi connectivity index (χ0) is 25.5. The smallest absolute Gasteiger partial charge is 0.252 e. The molecule has 1 saturated carbocycles. The molecule has 1 amide bonds. The van der Waals surface area contributed by atoms with E-state index >= 15 is 0 Å². The van der Waals surface area contributed by atoms with Crippen LogP contribution < -0.4 is 10.2 Å². The molecular formula is C28H31N7O2. The first-order valence-electron chi connectivity index (χ1n) is 12.9. The molecule has 0 bridgehead atoms. The number of hydrogen-bond donors (Lipinski definition) is 1. The zero-order valence-corrected chi connectivity index (χ0v) is 21.4. The van der Waals surface area contributed by atoms with Crippen molar-refractivity contribution in [3.05, 3.63) is 71.3 Å². The Balaban J connectivity index is 1.24. The molecule has 37 heavy (non-hydrogen) atoms. The van der Waals surface area contributed by atoms with Gasteiger partial charge in [-0.2, -0.15) is 9.78 Å². The second-order valence-corrected chi connectivity index (χ2v) is 10.1. The molecular weight excluding hydrogens is 466 g/mol. The first-order chi connectivity index (χ1) is 18.0. The highest BCUT2D eigenvalue weighted by atomic mass is 16.5. The van der Waals surface area contributed by atoms with E-state index in [1.54, 1.807) is 10.9 Å². The number of ether oxygens (including phenoxy) is 1. The second-order valence-electron chi connectivity index (χ2n) is 10.1. The molecule has 4 aromatic heterocycles. The summed E-state index contributed by atoms with van der Waals surface area (Å²) in [6, 6.07) is 11.7. The molecule has 1 aliphatic carbocycles. The van der Waals surface area contributed by atoms with Crippen LogP contribution in [0.4, 0.5) is 5.82 Å². The molecule has 0 spiro atoms. The molecule has 190 valence electrons. The zero-order valence-electron chi connectivity index (χ0n) is 21.4. The third-order valence-electron chi connectivity index (χ3n) is 6.94. The van der Waals surface area contributed by atoms with Crippen LogP contribution in [0.5, 0.6) is 0 Å². The highest BCUT2D eigenvalue weighted by Gasteiger charge is 2.29. The van der Waals surface area contributed by atoms with Crippen molar-refractivity contribution in [3.63, 3.8) is 0 Å². The summed E-state index contributed by atoms with van der Waals surface area (Å²) < 4.78 is 7.57. The van der Waals surface area contributed by atoms with Crippen LogP contribution in [0, 0.1) is 6.92 Å². The van der Waals surface area contributed by atoms with Crippen LogP contribution in [0.25, 0.3) is 16.9 Å². The van der Waals surface area contributed by atoms with Gasteiger partial charge in [0, 0.05) is 43.6 Å². The van der Waals surface area contributed by atoms with Gasteiger partial charge in [0.2, 0.25) is 0 Å². The fourth-order valence-electron chi connectivity index (χ4n) is 5.07. The van der Waals surface area contributed by atoms with E-state index in [1.807, 2.05) is 49.5 Å². The summed E-state index contributed by atoms with van der Waals surface area (Å²) >= 11 is 0. The number of aryl methyl sites for hydroxylation is 1. The van der Waals surface area contributed by atoms with Crippen LogP contribution >= 0.6 is 0 Å². The maximum Gasteiger partial charge on any atom is 0.252 e. The topological polar surface area (TPSA) is 98.1 Å². The number of carbonyl (C=O) groups excluding carboxylic acids is 1. The Morgan fingerprint density at radius 3 is 2.57 bits per heavy atom. The number of rotatable bonds is 6. The van der Waals surface area contributed by atoms with Crippen LogP contribution in [0.3, 0.4) is 0 Å². The molecule has 2 fully saturated rings. The van der Waals surface area contributed by atoms with E-state index in [9.17, 15) is 4.79 Å². The molecule has 0 aromatic carbocycles. The Hall–Kier alpha value is -3.85. The Kier molecular flexibility index (Phi) is 6.08. The number of pyridine rings is 3. The maximum atomic E-state index is 13.5. The molecule has 1 N–H and O–H groups in total. The predicted octanol–water partition coefficient (Wildman–Crippen LogP) is 3.94. The van der Waals surface area contributed by atoms with E-state index in [0.717, 1.165) is 54.1 Å². The van der Waals surface area contributed by atoms with Gasteiger partial charge in [-0.05, 0) is 63.4 Å². The van der Waals surface area contributed by atoms with Crippen LogP contribution in [-0.2, 0) is 11.3 Å². The van der Waals surface area contributed by atoms with Gasteiger partial charge in [-0.1, -0.05) is 12.1 Å². The number of morpholine rings is 1. The summed E-state index contributed by atoms with van der Waals surface area (Å²) in [5.41, 5.74) is 3.91. The van der Waals surface area contributed by atoms with Crippen LogP contribution in [0.1, 0.15) is 59.9 Å². The summed E-state index contributed by atoms with van der Waals surface area (Å²) in [4.78, 5) is 29.7. The first-order valence-corrected chi connectivity index (χ1v) is 12.9. The van der Waals surface area contributed by atoms with E-state index < -0.39 is 0 Å². The standard InChI is InChI=1S/C28H31N7O2/c1-17-15-34(16-18(2)37-17)24-10-7-20(13-30-24)14-31-28(36)22-12-23(21-8-9-21)32-27-26(22)19(3)33-35(27)25-6-4-5-11-29-25/h4-7,10-13,17-18,21H,8-9,14-16H2,1-3H3,(H,31,36). The molecule has 0 radical (unpaired) electrons. The van der Waals surface area contributed by atoms with Crippen molar-refractivity contribution in [2.45, 2.75) is 58.3 Å². The van der Waals surface area contributed by atoms with E-state index in [0.29, 0.717) is 29.5 Å². The quantitative estimate of drug-likeness (QED) is 0.431. The van der Waals surface area contributed by atoms with Crippen molar-refractivity contribution in [2.24, 2.45) is 0 Å². The van der Waals surface area contributed by atoms with Gasteiger partial charge in [-0.3, -0.25) is 4.79 Å². The van der Waals surface area contributed by atoms with Gasteiger partial charge in [-0.15, -0.1) is 0 Å². The SMILES string of the molecule is Cc1nn(-c2ccccn2)c2nc(C3CC3)cc(C(=O)NCc3ccc(N4CC(C)OC(C)C4)nc3)c12. The van der Waals surface area contributed by atoms with Gasteiger partial charge in [0.25, 0.3) is 5.91 Å². The molecule has 2 unspecified atom stereocenters. The second kappa shape index (κ2) is 9.55. The lowest BCUT2D eigenvalue weighted by molar-refractivity contribution is -0.00546. The third kappa shape index (κ3) is 4.79. The monoisotopic (exact) mass is 497 g/mol. The van der Waals surface area contributed by atoms with Gasteiger partial charge in [0.05, 0.1) is 28.9 Å². The summed E-state index contributed by atoms with van der Waals surface area (Å²) in [6.45, 7) is 8.10. The van der Waals surface area contributed by atoms with Gasteiger partial charge >= 0.3 is 0 Å². The van der Waals surface area contributed by atoms with Crippen LogP contribution in [0.15, 0.2) is 48.8 Å². The number of hydrogen-bond acceptors (Lipinski definition) is 7. The Morgan fingerprint density at radius 2 is 1.89 bits per heavy atom. The van der Waals surface area contributed by atoms with Crippen molar-refractivity contribution in [1.82, 2.24) is 30.0 Å². The van der Waals surface area contributed by atoms with Crippen molar-refractivity contribution < 1.29 is 9.53 Å². The predicted molar refractivity (Wildman–Crippen MR) is 141 cm³/mol. The number of amides is 1.